The van der Waals surface area contributed by atoms with Crippen molar-refractivity contribution in [3.05, 3.63) is 65.2 Å². The number of methoxy groups -OCH3 is 1. The van der Waals surface area contributed by atoms with Crippen LogP contribution in [0.4, 0.5) is 5.69 Å². The molecule has 1 heterocycles. The van der Waals surface area contributed by atoms with E-state index in [9.17, 15) is 9.59 Å². The number of amides is 3. The lowest BCUT2D eigenvalue weighted by Crippen LogP contribution is -2.31. The largest absolute Gasteiger partial charge is 0.385 e. The molecule has 0 unspecified atom stereocenters. The quantitative estimate of drug-likeness (QED) is 0.0495. The monoisotopic (exact) mass is 794 g/mol. The second-order valence-corrected chi connectivity index (χ2v) is 12.7. The lowest BCUT2D eigenvalue weighted by Gasteiger charge is -2.27. The molecule has 3 amide bonds. The first kappa shape index (κ1) is 49.7. The van der Waals surface area contributed by atoms with Crippen molar-refractivity contribution in [2.75, 3.05) is 91.2 Å². The Hall–Kier alpha value is -3.34. The number of ether oxygens (including phenoxy) is 6. The highest BCUT2D eigenvalue weighted by atomic mass is 31.2. The second-order valence-electron chi connectivity index (χ2n) is 12.1. The molecule has 2 aromatic carbocycles. The molecule has 0 aliphatic carbocycles. The molecule has 2 aromatic rings. The first-order valence-corrected chi connectivity index (χ1v) is 20.0. The Morgan fingerprint density at radius 1 is 0.709 bits per heavy atom. The summed E-state index contributed by atoms with van der Waals surface area (Å²) in [5.41, 5.74) is 12.7. The van der Waals surface area contributed by atoms with E-state index < -0.39 is 8.53 Å². The first-order chi connectivity index (χ1) is 26.8. The molecule has 310 valence electrons. The molecule has 16 heteroatoms. The van der Waals surface area contributed by atoms with Gasteiger partial charge in [-0.3, -0.25) is 19.9 Å². The van der Waals surface area contributed by atoms with E-state index in [1.54, 1.807) is 7.11 Å². The van der Waals surface area contributed by atoms with E-state index in [4.69, 9.17) is 43.0 Å². The Labute approximate surface area is 327 Å². The third-order valence-corrected chi connectivity index (χ3v) is 7.84. The number of carbonyl (C=O) groups is 3. The summed E-state index contributed by atoms with van der Waals surface area (Å²) < 4.78 is 32.8. The smallest absolute Gasteiger partial charge is 0.247 e. The molecule has 0 fully saturated rings. The van der Waals surface area contributed by atoms with Crippen molar-refractivity contribution >= 4 is 44.6 Å². The zero-order chi connectivity index (χ0) is 40.2. The van der Waals surface area contributed by atoms with Gasteiger partial charge in [-0.1, -0.05) is 67.5 Å². The predicted octanol–water partition coefficient (Wildman–Crippen LogP) is 3.93. The maximum atomic E-state index is 13.3. The molecule has 0 spiro atoms. The number of rotatable bonds is 27. The standard InChI is InChI=1S/C38H56N2O8.CH3NO.H4NO2P/c1-43-21-10-3-2-9-20-39-37(41)19-23-45-25-27-47-29-31-48-30-28-46-26-24-44-22-11-8-16-38(42)40-32-35-14-5-4-12-33(35)17-18-34-13-6-7-15-36(34)40;2-1-3;1-4(2)3/h4-7,12-15,17-18H,2-3,8-11,16,19-32H2,1H3,(H,39,41);1H,(H2,2,3);2-3H,1H2/b18-17-;;. The zero-order valence-electron chi connectivity index (χ0n) is 32.3. The van der Waals surface area contributed by atoms with Gasteiger partial charge in [0.25, 0.3) is 0 Å². The molecule has 1 aliphatic rings. The highest BCUT2D eigenvalue weighted by Gasteiger charge is 2.20. The topological polar surface area (TPSA) is 214 Å². The van der Waals surface area contributed by atoms with Crippen LogP contribution in [-0.4, -0.2) is 114 Å². The van der Waals surface area contributed by atoms with Crippen molar-refractivity contribution in [1.82, 2.24) is 5.32 Å². The van der Waals surface area contributed by atoms with Crippen LogP contribution in [-0.2, 0) is 49.3 Å². The van der Waals surface area contributed by atoms with Crippen molar-refractivity contribution in [2.45, 2.75) is 57.9 Å². The van der Waals surface area contributed by atoms with Gasteiger partial charge in [0, 0.05) is 39.7 Å². The number of nitrogens with two attached hydrogens (primary N) is 2. The molecule has 1 aliphatic heterocycles. The van der Waals surface area contributed by atoms with Gasteiger partial charge in [0.1, 0.15) is 0 Å². The van der Waals surface area contributed by atoms with Crippen LogP contribution in [0.1, 0.15) is 68.1 Å². The Morgan fingerprint density at radius 3 is 1.82 bits per heavy atom. The molecule has 0 bridgehead atoms. The van der Waals surface area contributed by atoms with Gasteiger partial charge < -0.3 is 54.2 Å². The second kappa shape index (κ2) is 35.1. The number of benzene rings is 2. The highest BCUT2D eigenvalue weighted by molar-refractivity contribution is 7.42. The van der Waals surface area contributed by atoms with Crippen LogP contribution in [0.5, 0.6) is 0 Å². The summed E-state index contributed by atoms with van der Waals surface area (Å²) in [4.78, 5) is 50.5. The molecule has 55 heavy (non-hydrogen) atoms. The lowest BCUT2D eigenvalue weighted by molar-refractivity contribution is -0.122. The Balaban J connectivity index is 0.00000199. The van der Waals surface area contributed by atoms with Crippen LogP contribution >= 0.6 is 8.53 Å². The van der Waals surface area contributed by atoms with Crippen LogP contribution in [0.2, 0.25) is 0 Å². The molecular weight excluding hydrogens is 731 g/mol. The van der Waals surface area contributed by atoms with Crippen LogP contribution in [0.3, 0.4) is 0 Å². The number of unbranched alkanes of at least 4 members (excludes halogenated alkanes) is 4. The number of fused-ring (bicyclic) bond motifs is 2. The molecule has 0 aromatic heterocycles. The summed E-state index contributed by atoms with van der Waals surface area (Å²) >= 11 is 0. The molecule has 3 rings (SSSR count). The van der Waals surface area contributed by atoms with Gasteiger partial charge in [0.05, 0.1) is 71.7 Å². The van der Waals surface area contributed by atoms with Gasteiger partial charge in [-0.05, 0) is 48.4 Å². The fraction of sp³-hybridized carbons (Fsp3) is 0.564. The summed E-state index contributed by atoms with van der Waals surface area (Å²) in [5, 5.41) is 2.92. The van der Waals surface area contributed by atoms with Gasteiger partial charge in [0.15, 0.2) is 0 Å². The number of nitrogens with one attached hydrogen (secondary N) is 1. The minimum Gasteiger partial charge on any atom is -0.385 e. The van der Waals surface area contributed by atoms with Gasteiger partial charge in [0.2, 0.25) is 26.8 Å². The van der Waals surface area contributed by atoms with Crippen molar-refractivity contribution in [1.29, 1.82) is 0 Å². The third kappa shape index (κ3) is 27.0. The number of anilines is 1. The molecule has 7 N–H and O–H groups in total. The SMILES string of the molecule is COCCCCCCNC(=O)CCOCCOCCOCCOCCOCCCCC(=O)N1Cc2ccccc2/C=C\c2ccccc21.NC=O.NP(O)O. The van der Waals surface area contributed by atoms with Crippen LogP contribution in [0, 0.1) is 0 Å². The lowest BCUT2D eigenvalue weighted by atomic mass is 10.0. The van der Waals surface area contributed by atoms with E-state index in [-0.39, 0.29) is 18.2 Å². The van der Waals surface area contributed by atoms with Gasteiger partial charge in [-0.2, -0.15) is 0 Å². The number of carbonyl (C=O) groups excluding carboxylic acids is 3. The van der Waals surface area contributed by atoms with Crippen molar-refractivity contribution < 1.29 is 52.6 Å². The van der Waals surface area contributed by atoms with Crippen molar-refractivity contribution in [3.8, 4) is 0 Å². The molecular formula is C39H63N4O11P. The number of hydrogen-bond acceptors (Lipinski definition) is 12. The van der Waals surface area contributed by atoms with Gasteiger partial charge in [-0.15, -0.1) is 0 Å². The molecule has 0 radical (unpaired) electrons. The normalized spacial score (nSPS) is 12.2. The maximum absolute atomic E-state index is 13.3. The zero-order valence-corrected chi connectivity index (χ0v) is 33.2. The number of hydrogen-bond donors (Lipinski definition) is 5. The average molecular weight is 795 g/mol. The number of nitrogens with zero attached hydrogens (tertiary/aromatic N) is 1. The fourth-order valence-electron chi connectivity index (χ4n) is 5.18. The maximum Gasteiger partial charge on any atom is 0.247 e. The van der Waals surface area contributed by atoms with Crippen molar-refractivity contribution in [2.24, 2.45) is 11.2 Å². The predicted molar refractivity (Wildman–Crippen MR) is 215 cm³/mol. The van der Waals surface area contributed by atoms with E-state index >= 15 is 0 Å². The number of para-hydroxylation sites is 1. The first-order valence-electron chi connectivity index (χ1n) is 18.7. The minimum atomic E-state index is -2.12. The summed E-state index contributed by atoms with van der Waals surface area (Å²) in [7, 11) is -0.406. The summed E-state index contributed by atoms with van der Waals surface area (Å²) in [6.45, 7) is 6.94. The third-order valence-electron chi connectivity index (χ3n) is 7.84. The summed E-state index contributed by atoms with van der Waals surface area (Å²) in [6.07, 6.45) is 11.2. The molecule has 0 atom stereocenters. The minimum absolute atomic E-state index is 0.0226. The number of primary amides is 1. The van der Waals surface area contributed by atoms with E-state index in [2.05, 4.69) is 46.9 Å². The van der Waals surface area contributed by atoms with Crippen LogP contribution in [0.15, 0.2) is 48.5 Å². The molecule has 0 saturated heterocycles. The van der Waals surface area contributed by atoms with E-state index in [1.165, 1.54) is 0 Å². The Morgan fingerprint density at radius 2 is 1.20 bits per heavy atom. The highest BCUT2D eigenvalue weighted by Crippen LogP contribution is 2.29. The van der Waals surface area contributed by atoms with E-state index in [1.807, 2.05) is 35.2 Å². The average Bonchev–Trinajstić information content (AvgIpc) is 3.16. The Kier molecular flexibility index (Phi) is 31.7. The van der Waals surface area contributed by atoms with E-state index in [0.29, 0.717) is 92.0 Å². The van der Waals surface area contributed by atoms with Crippen LogP contribution in [0.25, 0.3) is 12.2 Å². The van der Waals surface area contributed by atoms with Gasteiger partial charge >= 0.3 is 0 Å². The summed E-state index contributed by atoms with van der Waals surface area (Å²) in [6, 6.07) is 16.3. The van der Waals surface area contributed by atoms with E-state index in [0.717, 1.165) is 67.5 Å². The fourth-order valence-corrected chi connectivity index (χ4v) is 5.18. The van der Waals surface area contributed by atoms with Gasteiger partial charge in [-0.25, -0.2) is 0 Å². The molecule has 15 nitrogen and oxygen atoms in total. The molecule has 0 saturated carbocycles. The van der Waals surface area contributed by atoms with Crippen LogP contribution < -0.4 is 21.5 Å². The Bertz CT molecular complexity index is 1300. The summed E-state index contributed by atoms with van der Waals surface area (Å²) in [5.74, 6) is 0.150. The van der Waals surface area contributed by atoms with Crippen molar-refractivity contribution in [3.63, 3.8) is 0 Å².